The van der Waals surface area contributed by atoms with Crippen molar-refractivity contribution < 1.29 is 4.74 Å². The highest BCUT2D eigenvalue weighted by Gasteiger charge is 2.16. The topological polar surface area (TPSA) is 79.5 Å². The standard InChI is InChI=1S/C14H15N5OS/c1-20-12-6-5-10-13(19-12)18-11(15-10)7-21-14-16-8-3-2-4-9(8)17-14/h5-6H,2-4,7H2,1H3,(H,16,17)(H,15,18,19). The van der Waals surface area contributed by atoms with E-state index in [1.807, 2.05) is 12.1 Å². The predicted molar refractivity (Wildman–Crippen MR) is 80.6 cm³/mol. The lowest BCUT2D eigenvalue weighted by atomic mass is 10.4. The van der Waals surface area contributed by atoms with E-state index in [4.69, 9.17) is 4.74 Å². The lowest BCUT2D eigenvalue weighted by Gasteiger charge is -1.95. The fourth-order valence-corrected chi connectivity index (χ4v) is 3.36. The molecule has 108 valence electrons. The molecule has 0 saturated carbocycles. The van der Waals surface area contributed by atoms with Gasteiger partial charge in [0, 0.05) is 11.8 Å². The van der Waals surface area contributed by atoms with Crippen molar-refractivity contribution in [3.05, 3.63) is 29.3 Å². The minimum Gasteiger partial charge on any atom is -0.481 e. The van der Waals surface area contributed by atoms with Gasteiger partial charge in [0.15, 0.2) is 10.8 Å². The zero-order valence-electron chi connectivity index (χ0n) is 11.6. The second-order valence-electron chi connectivity index (χ2n) is 5.02. The van der Waals surface area contributed by atoms with Gasteiger partial charge >= 0.3 is 0 Å². The number of ether oxygens (including phenoxy) is 1. The van der Waals surface area contributed by atoms with Gasteiger partial charge in [-0.2, -0.15) is 4.98 Å². The lowest BCUT2D eigenvalue weighted by molar-refractivity contribution is 0.399. The Morgan fingerprint density at radius 1 is 1.19 bits per heavy atom. The third kappa shape index (κ3) is 2.37. The van der Waals surface area contributed by atoms with Gasteiger partial charge in [-0.1, -0.05) is 11.8 Å². The van der Waals surface area contributed by atoms with Crippen LogP contribution in [0.5, 0.6) is 5.88 Å². The molecule has 3 heterocycles. The Hall–Kier alpha value is -2.02. The number of nitrogens with one attached hydrogen (secondary N) is 2. The molecule has 0 fully saturated rings. The summed E-state index contributed by atoms with van der Waals surface area (Å²) in [5.74, 6) is 2.22. The number of thioether (sulfide) groups is 1. The Kier molecular flexibility index (Phi) is 3.07. The first kappa shape index (κ1) is 12.7. The van der Waals surface area contributed by atoms with Gasteiger partial charge in [-0.15, -0.1) is 0 Å². The molecule has 6 nitrogen and oxygen atoms in total. The second kappa shape index (κ2) is 5.07. The molecule has 2 N–H and O–H groups in total. The van der Waals surface area contributed by atoms with Crippen molar-refractivity contribution in [2.75, 3.05) is 7.11 Å². The van der Waals surface area contributed by atoms with Gasteiger partial charge in [-0.3, -0.25) is 0 Å². The summed E-state index contributed by atoms with van der Waals surface area (Å²) in [6.45, 7) is 0. The summed E-state index contributed by atoms with van der Waals surface area (Å²) < 4.78 is 5.11. The number of methoxy groups -OCH3 is 1. The van der Waals surface area contributed by atoms with Crippen molar-refractivity contribution in [1.82, 2.24) is 24.9 Å². The first-order valence-corrected chi connectivity index (χ1v) is 7.90. The Labute approximate surface area is 125 Å². The molecule has 0 radical (unpaired) electrons. The summed E-state index contributed by atoms with van der Waals surface area (Å²) in [6.07, 6.45) is 3.44. The van der Waals surface area contributed by atoms with E-state index in [-0.39, 0.29) is 0 Å². The molecule has 1 aliphatic carbocycles. The van der Waals surface area contributed by atoms with Gasteiger partial charge in [0.1, 0.15) is 5.82 Å². The Bertz CT molecular complexity index is 772. The van der Waals surface area contributed by atoms with Crippen LogP contribution in [0.25, 0.3) is 11.2 Å². The molecule has 1 aliphatic rings. The number of nitrogens with zero attached hydrogens (tertiary/aromatic N) is 3. The Balaban J connectivity index is 1.51. The van der Waals surface area contributed by atoms with Crippen LogP contribution in [0, 0.1) is 0 Å². The summed E-state index contributed by atoms with van der Waals surface area (Å²) in [7, 11) is 1.60. The Morgan fingerprint density at radius 3 is 3.00 bits per heavy atom. The minimum absolute atomic E-state index is 0.579. The molecule has 3 aromatic rings. The minimum atomic E-state index is 0.579. The van der Waals surface area contributed by atoms with Crippen molar-refractivity contribution >= 4 is 22.9 Å². The molecule has 0 aromatic carbocycles. The van der Waals surface area contributed by atoms with Gasteiger partial charge in [0.2, 0.25) is 5.88 Å². The summed E-state index contributed by atoms with van der Waals surface area (Å²) >= 11 is 1.66. The number of hydrogen-bond acceptors (Lipinski definition) is 5. The largest absolute Gasteiger partial charge is 0.481 e. The van der Waals surface area contributed by atoms with E-state index >= 15 is 0 Å². The van der Waals surface area contributed by atoms with Crippen molar-refractivity contribution in [3.8, 4) is 5.88 Å². The molecule has 0 amide bonds. The first-order chi connectivity index (χ1) is 10.3. The third-order valence-electron chi connectivity index (χ3n) is 3.61. The van der Waals surface area contributed by atoms with E-state index in [1.165, 1.54) is 17.8 Å². The zero-order valence-corrected chi connectivity index (χ0v) is 12.5. The van der Waals surface area contributed by atoms with Crippen LogP contribution < -0.4 is 4.74 Å². The van der Waals surface area contributed by atoms with Gasteiger partial charge < -0.3 is 14.7 Å². The molecule has 0 spiro atoms. The highest BCUT2D eigenvalue weighted by Crippen LogP contribution is 2.26. The van der Waals surface area contributed by atoms with Gasteiger partial charge in [-0.25, -0.2) is 9.97 Å². The van der Waals surface area contributed by atoms with Crippen LogP contribution in [0.3, 0.4) is 0 Å². The fourth-order valence-electron chi connectivity index (χ4n) is 2.58. The molecule has 0 aliphatic heterocycles. The molecule has 0 unspecified atom stereocenters. The number of pyridine rings is 1. The maximum Gasteiger partial charge on any atom is 0.215 e. The number of imidazole rings is 2. The first-order valence-electron chi connectivity index (χ1n) is 6.92. The van der Waals surface area contributed by atoms with E-state index in [0.29, 0.717) is 11.5 Å². The number of aromatic amines is 2. The van der Waals surface area contributed by atoms with Crippen LogP contribution in [-0.2, 0) is 18.6 Å². The molecule has 0 bridgehead atoms. The second-order valence-corrected chi connectivity index (χ2v) is 5.98. The van der Waals surface area contributed by atoms with Crippen molar-refractivity contribution in [2.24, 2.45) is 0 Å². The molecule has 4 rings (SSSR count). The molecule has 0 atom stereocenters. The molecule has 3 aromatic heterocycles. The quantitative estimate of drug-likeness (QED) is 0.724. The number of aryl methyl sites for hydroxylation is 2. The normalized spacial score (nSPS) is 13.8. The van der Waals surface area contributed by atoms with E-state index in [0.717, 1.165) is 35.1 Å². The van der Waals surface area contributed by atoms with E-state index in [9.17, 15) is 0 Å². The zero-order chi connectivity index (χ0) is 14.2. The van der Waals surface area contributed by atoms with Gasteiger partial charge in [-0.05, 0) is 25.3 Å². The van der Waals surface area contributed by atoms with E-state index in [1.54, 1.807) is 18.9 Å². The highest BCUT2D eigenvalue weighted by atomic mass is 32.2. The summed E-state index contributed by atoms with van der Waals surface area (Å²) in [6, 6.07) is 3.76. The Morgan fingerprint density at radius 2 is 2.14 bits per heavy atom. The number of hydrogen-bond donors (Lipinski definition) is 2. The van der Waals surface area contributed by atoms with Crippen molar-refractivity contribution in [3.63, 3.8) is 0 Å². The maximum atomic E-state index is 5.11. The average molecular weight is 301 g/mol. The monoisotopic (exact) mass is 301 g/mol. The van der Waals surface area contributed by atoms with Crippen LogP contribution in [0.4, 0.5) is 0 Å². The average Bonchev–Trinajstić information content (AvgIpc) is 3.17. The van der Waals surface area contributed by atoms with Gasteiger partial charge in [0.25, 0.3) is 0 Å². The number of rotatable bonds is 4. The van der Waals surface area contributed by atoms with Crippen molar-refractivity contribution in [1.29, 1.82) is 0 Å². The van der Waals surface area contributed by atoms with Crippen LogP contribution in [0.15, 0.2) is 17.3 Å². The summed E-state index contributed by atoms with van der Waals surface area (Å²) in [5, 5.41) is 0.977. The molecular formula is C14H15N5OS. The number of H-pyrrole nitrogens is 2. The smallest absolute Gasteiger partial charge is 0.215 e. The molecular weight excluding hydrogens is 286 g/mol. The van der Waals surface area contributed by atoms with Gasteiger partial charge in [0.05, 0.1) is 24.1 Å². The van der Waals surface area contributed by atoms with Crippen LogP contribution in [-0.4, -0.2) is 32.0 Å². The van der Waals surface area contributed by atoms with Crippen molar-refractivity contribution in [2.45, 2.75) is 30.2 Å². The summed E-state index contributed by atoms with van der Waals surface area (Å²) in [4.78, 5) is 20.1. The summed E-state index contributed by atoms with van der Waals surface area (Å²) in [5.41, 5.74) is 4.14. The fraction of sp³-hybridized carbons (Fsp3) is 0.357. The highest BCUT2D eigenvalue weighted by molar-refractivity contribution is 7.98. The molecule has 21 heavy (non-hydrogen) atoms. The third-order valence-corrected chi connectivity index (χ3v) is 4.49. The van der Waals surface area contributed by atoms with E-state index in [2.05, 4.69) is 24.9 Å². The molecule has 0 saturated heterocycles. The SMILES string of the molecule is COc1ccc2[nH]c(CSc3nc4c([nH]3)CCC4)nc2n1. The molecule has 7 heteroatoms. The van der Waals surface area contributed by atoms with Crippen LogP contribution in [0.1, 0.15) is 23.6 Å². The number of aromatic nitrogens is 5. The lowest BCUT2D eigenvalue weighted by Crippen LogP contribution is -1.87. The van der Waals surface area contributed by atoms with E-state index < -0.39 is 0 Å². The van der Waals surface area contributed by atoms with Crippen LogP contribution >= 0.6 is 11.8 Å². The number of fused-ring (bicyclic) bond motifs is 2. The maximum absolute atomic E-state index is 5.11. The predicted octanol–water partition coefficient (Wildman–Crippen LogP) is 2.47. The van der Waals surface area contributed by atoms with Crippen LogP contribution in [0.2, 0.25) is 0 Å².